The molecule has 0 aliphatic carbocycles. The number of carbonyl (C=O) groups excluding carboxylic acids is 2. The highest BCUT2D eigenvalue weighted by atomic mass is 35.5. The van der Waals surface area contributed by atoms with Gasteiger partial charge in [-0.05, 0) is 30.3 Å². The van der Waals surface area contributed by atoms with Gasteiger partial charge in [-0.2, -0.15) is 0 Å². The zero-order valence-electron chi connectivity index (χ0n) is 15.2. The average molecular weight is 401 g/mol. The Balaban J connectivity index is 1.83. The molecular formula is C19H17ClN4O4. The molecule has 0 saturated carbocycles. The molecule has 144 valence electrons. The standard InChI is InChI=1S/C19H17ClN4O4/c1-23(2)17(26)12-8-7-11(9-14(12)20)21-16(25)10-24-18(27)13-5-3-4-6-15(13)22-19(24)28/h3-9H,10H2,1-2H3,(H,21,25)(H,22,28). The van der Waals surface area contributed by atoms with Gasteiger partial charge < -0.3 is 15.2 Å². The quantitative estimate of drug-likeness (QED) is 0.695. The van der Waals surface area contributed by atoms with E-state index >= 15 is 0 Å². The second kappa shape index (κ2) is 7.69. The van der Waals surface area contributed by atoms with Crippen LogP contribution in [-0.4, -0.2) is 40.4 Å². The fourth-order valence-corrected chi connectivity index (χ4v) is 2.96. The average Bonchev–Trinajstić information content (AvgIpc) is 2.64. The summed E-state index contributed by atoms with van der Waals surface area (Å²) in [6, 6.07) is 11.0. The smallest absolute Gasteiger partial charge is 0.329 e. The van der Waals surface area contributed by atoms with Gasteiger partial charge in [0, 0.05) is 19.8 Å². The number of hydrogen-bond donors (Lipinski definition) is 2. The lowest BCUT2D eigenvalue weighted by atomic mass is 10.2. The summed E-state index contributed by atoms with van der Waals surface area (Å²) in [5.41, 5.74) is -0.187. The van der Waals surface area contributed by atoms with Gasteiger partial charge in [0.2, 0.25) is 5.91 Å². The lowest BCUT2D eigenvalue weighted by Crippen LogP contribution is -2.38. The molecule has 2 aromatic carbocycles. The molecule has 0 fully saturated rings. The number of H-pyrrole nitrogens is 1. The number of nitrogens with zero attached hydrogens (tertiary/aromatic N) is 2. The lowest BCUT2D eigenvalue weighted by molar-refractivity contribution is -0.116. The Bertz CT molecular complexity index is 1200. The van der Waals surface area contributed by atoms with Crippen LogP contribution in [-0.2, 0) is 11.3 Å². The number of anilines is 1. The molecule has 0 radical (unpaired) electrons. The van der Waals surface area contributed by atoms with Gasteiger partial charge in [0.25, 0.3) is 11.5 Å². The van der Waals surface area contributed by atoms with E-state index < -0.39 is 23.7 Å². The Hall–Kier alpha value is -3.39. The van der Waals surface area contributed by atoms with E-state index in [2.05, 4.69) is 10.3 Å². The number of nitrogens with one attached hydrogen (secondary N) is 2. The maximum absolute atomic E-state index is 12.5. The highest BCUT2D eigenvalue weighted by molar-refractivity contribution is 6.34. The van der Waals surface area contributed by atoms with Crippen molar-refractivity contribution in [1.82, 2.24) is 14.5 Å². The van der Waals surface area contributed by atoms with Gasteiger partial charge in [0.1, 0.15) is 6.54 Å². The van der Waals surface area contributed by atoms with E-state index in [-0.39, 0.29) is 10.9 Å². The number of aromatic amines is 1. The summed E-state index contributed by atoms with van der Waals surface area (Å²) in [7, 11) is 3.21. The fourth-order valence-electron chi connectivity index (χ4n) is 2.69. The lowest BCUT2D eigenvalue weighted by Gasteiger charge is -2.13. The van der Waals surface area contributed by atoms with Gasteiger partial charge in [-0.1, -0.05) is 23.7 Å². The summed E-state index contributed by atoms with van der Waals surface area (Å²) in [5, 5.41) is 3.06. The number of rotatable bonds is 4. The van der Waals surface area contributed by atoms with E-state index in [0.29, 0.717) is 22.2 Å². The van der Waals surface area contributed by atoms with Crippen LogP contribution in [0.5, 0.6) is 0 Å². The van der Waals surface area contributed by atoms with Crippen LogP contribution in [0.2, 0.25) is 5.02 Å². The SMILES string of the molecule is CN(C)C(=O)c1ccc(NC(=O)Cn2c(=O)[nH]c3ccccc3c2=O)cc1Cl. The van der Waals surface area contributed by atoms with E-state index in [1.807, 2.05) is 0 Å². The van der Waals surface area contributed by atoms with Gasteiger partial charge in [0.05, 0.1) is 21.5 Å². The minimum atomic E-state index is -0.677. The molecule has 28 heavy (non-hydrogen) atoms. The fraction of sp³-hybridized carbons (Fsp3) is 0.158. The molecule has 3 aromatic rings. The third-order valence-corrected chi connectivity index (χ3v) is 4.39. The highest BCUT2D eigenvalue weighted by Crippen LogP contribution is 2.22. The number of carbonyl (C=O) groups is 2. The first-order chi connectivity index (χ1) is 13.3. The molecule has 8 nitrogen and oxygen atoms in total. The number of benzene rings is 2. The molecule has 0 unspecified atom stereocenters. The summed E-state index contributed by atoms with van der Waals surface area (Å²) in [6.07, 6.45) is 0. The van der Waals surface area contributed by atoms with Crippen LogP contribution in [0, 0.1) is 0 Å². The molecule has 0 spiro atoms. The van der Waals surface area contributed by atoms with E-state index in [1.54, 1.807) is 38.4 Å². The van der Waals surface area contributed by atoms with Crippen molar-refractivity contribution >= 4 is 40.0 Å². The number of halogens is 1. The molecule has 3 rings (SSSR count). The summed E-state index contributed by atoms with van der Waals surface area (Å²) < 4.78 is 0.823. The Kier molecular flexibility index (Phi) is 5.32. The normalized spacial score (nSPS) is 10.7. The number of para-hydroxylation sites is 1. The van der Waals surface area contributed by atoms with Crippen LogP contribution >= 0.6 is 11.6 Å². The maximum Gasteiger partial charge on any atom is 0.329 e. The molecule has 0 bridgehead atoms. The number of fused-ring (bicyclic) bond motifs is 1. The van der Waals surface area contributed by atoms with Crippen LogP contribution in [0.1, 0.15) is 10.4 Å². The molecule has 0 aliphatic heterocycles. The summed E-state index contributed by atoms with van der Waals surface area (Å²) in [5.74, 6) is -0.845. The summed E-state index contributed by atoms with van der Waals surface area (Å²) >= 11 is 6.12. The van der Waals surface area contributed by atoms with Crippen molar-refractivity contribution in [2.24, 2.45) is 0 Å². The van der Waals surface area contributed by atoms with Crippen molar-refractivity contribution in [3.8, 4) is 0 Å². The van der Waals surface area contributed by atoms with Gasteiger partial charge >= 0.3 is 5.69 Å². The van der Waals surface area contributed by atoms with Crippen molar-refractivity contribution < 1.29 is 9.59 Å². The molecule has 0 atom stereocenters. The number of aromatic nitrogens is 2. The minimum Gasteiger partial charge on any atom is -0.345 e. The van der Waals surface area contributed by atoms with Crippen LogP contribution < -0.4 is 16.6 Å². The van der Waals surface area contributed by atoms with Crippen molar-refractivity contribution in [2.45, 2.75) is 6.54 Å². The van der Waals surface area contributed by atoms with Crippen LogP contribution in [0.3, 0.4) is 0 Å². The van der Waals surface area contributed by atoms with Gasteiger partial charge in [-0.25, -0.2) is 4.79 Å². The Morgan fingerprint density at radius 2 is 1.86 bits per heavy atom. The second-order valence-corrected chi connectivity index (χ2v) is 6.72. The third-order valence-electron chi connectivity index (χ3n) is 4.08. The molecular weight excluding hydrogens is 384 g/mol. The van der Waals surface area contributed by atoms with Crippen molar-refractivity contribution in [2.75, 3.05) is 19.4 Å². The van der Waals surface area contributed by atoms with Crippen molar-refractivity contribution in [1.29, 1.82) is 0 Å². The Morgan fingerprint density at radius 3 is 2.54 bits per heavy atom. The van der Waals surface area contributed by atoms with Crippen LogP contribution in [0.4, 0.5) is 5.69 Å². The first-order valence-corrected chi connectivity index (χ1v) is 8.68. The van der Waals surface area contributed by atoms with Gasteiger partial charge in [-0.3, -0.25) is 19.0 Å². The zero-order chi connectivity index (χ0) is 20.4. The first kappa shape index (κ1) is 19.4. The Morgan fingerprint density at radius 1 is 1.14 bits per heavy atom. The summed E-state index contributed by atoms with van der Waals surface area (Å²) in [4.78, 5) is 52.9. The van der Waals surface area contributed by atoms with Crippen molar-refractivity contribution in [3.63, 3.8) is 0 Å². The van der Waals surface area contributed by atoms with E-state index in [4.69, 9.17) is 11.6 Å². The first-order valence-electron chi connectivity index (χ1n) is 8.31. The molecule has 2 N–H and O–H groups in total. The minimum absolute atomic E-state index is 0.178. The molecule has 9 heteroatoms. The highest BCUT2D eigenvalue weighted by Gasteiger charge is 2.15. The maximum atomic E-state index is 12.5. The predicted molar refractivity (Wildman–Crippen MR) is 107 cm³/mol. The largest absolute Gasteiger partial charge is 0.345 e. The molecule has 0 aliphatic rings. The Labute approximate surface area is 164 Å². The van der Waals surface area contributed by atoms with Gasteiger partial charge in [-0.15, -0.1) is 0 Å². The summed E-state index contributed by atoms with van der Waals surface area (Å²) in [6.45, 7) is -0.463. The van der Waals surface area contributed by atoms with Gasteiger partial charge in [0.15, 0.2) is 0 Å². The van der Waals surface area contributed by atoms with E-state index in [9.17, 15) is 19.2 Å². The number of amides is 2. The van der Waals surface area contributed by atoms with Crippen LogP contribution in [0.15, 0.2) is 52.1 Å². The van der Waals surface area contributed by atoms with E-state index in [1.165, 1.54) is 23.1 Å². The third kappa shape index (κ3) is 3.81. The van der Waals surface area contributed by atoms with E-state index in [0.717, 1.165) is 4.57 Å². The van der Waals surface area contributed by atoms with Crippen LogP contribution in [0.25, 0.3) is 10.9 Å². The zero-order valence-corrected chi connectivity index (χ0v) is 15.9. The molecule has 1 aromatic heterocycles. The molecule has 1 heterocycles. The molecule has 0 saturated heterocycles. The topological polar surface area (TPSA) is 104 Å². The monoisotopic (exact) mass is 400 g/mol. The predicted octanol–water partition coefficient (Wildman–Crippen LogP) is 1.68. The second-order valence-electron chi connectivity index (χ2n) is 6.31. The number of hydrogen-bond acceptors (Lipinski definition) is 4. The van der Waals surface area contributed by atoms with Crippen molar-refractivity contribution in [3.05, 3.63) is 73.9 Å². The molecule has 2 amide bonds.